The smallest absolute Gasteiger partial charge is 0.343 e. The van der Waals surface area contributed by atoms with Gasteiger partial charge < -0.3 is 15.2 Å². The number of aliphatic hydroxyl groups excluding tert-OH is 1. The lowest BCUT2D eigenvalue weighted by Gasteiger charge is -1.87. The Morgan fingerprint density at radius 2 is 2.45 bits per heavy atom. The Balaban J connectivity index is 3.07. The zero-order valence-electron chi connectivity index (χ0n) is 5.87. The van der Waals surface area contributed by atoms with Crippen LogP contribution in [-0.2, 0) is 6.61 Å². The van der Waals surface area contributed by atoms with Crippen LogP contribution >= 0.6 is 0 Å². The molecule has 2 N–H and O–H groups in total. The Morgan fingerprint density at radius 3 is 2.73 bits per heavy atom. The summed E-state index contributed by atoms with van der Waals surface area (Å²) >= 11 is 0. The van der Waals surface area contributed by atoms with Crippen LogP contribution in [0.5, 0.6) is 0 Å². The van der Waals surface area contributed by atoms with Gasteiger partial charge in [-0.05, 0) is 11.8 Å². The molecule has 6 heteroatoms. The fourth-order valence-electron chi connectivity index (χ4n) is 0.763. The minimum Gasteiger partial charge on any atom is -0.386 e. The molecule has 1 aromatic heterocycles. The van der Waals surface area contributed by atoms with E-state index < -0.39 is 4.92 Å². The van der Waals surface area contributed by atoms with E-state index in [2.05, 4.69) is 9.97 Å². The lowest BCUT2D eigenvalue weighted by Crippen LogP contribution is -1.90. The number of H-pyrrole nitrogens is 1. The van der Waals surface area contributed by atoms with E-state index >= 15 is 0 Å². The third kappa shape index (κ3) is 1.35. The molecule has 1 aromatic rings. The summed E-state index contributed by atoms with van der Waals surface area (Å²) in [7, 11) is 0. The van der Waals surface area contributed by atoms with Crippen LogP contribution in [0.2, 0.25) is 0 Å². The number of aryl methyl sites for hydroxylation is 1. The molecule has 0 radical (unpaired) electrons. The first kappa shape index (κ1) is 7.67. The van der Waals surface area contributed by atoms with E-state index in [1.807, 2.05) is 0 Å². The number of nitrogens with zero attached hydrogens (tertiary/aromatic N) is 2. The van der Waals surface area contributed by atoms with Crippen molar-refractivity contribution in [2.75, 3.05) is 0 Å². The van der Waals surface area contributed by atoms with Gasteiger partial charge in [-0.15, -0.1) is 0 Å². The van der Waals surface area contributed by atoms with E-state index in [1.165, 1.54) is 6.92 Å². The SMILES string of the molecule is Cc1nc(CO)[nH]c1[N+](=O)[O-]. The standard InChI is InChI=1S/C5H7N3O3/c1-3-5(8(10)11)7-4(2-9)6-3/h9H,2H2,1H3,(H,6,7). The van der Waals surface area contributed by atoms with Crippen LogP contribution in [0.15, 0.2) is 0 Å². The topological polar surface area (TPSA) is 92.1 Å². The fraction of sp³-hybridized carbons (Fsp3) is 0.400. The fourth-order valence-corrected chi connectivity index (χ4v) is 0.763. The molecule has 0 aromatic carbocycles. The van der Waals surface area contributed by atoms with E-state index in [9.17, 15) is 10.1 Å². The molecule has 0 atom stereocenters. The quantitative estimate of drug-likeness (QED) is 0.471. The monoisotopic (exact) mass is 157 g/mol. The molecule has 0 amide bonds. The van der Waals surface area contributed by atoms with Crippen molar-refractivity contribution >= 4 is 5.82 Å². The molecule has 0 unspecified atom stereocenters. The Hall–Kier alpha value is -1.43. The minimum atomic E-state index is -0.568. The highest BCUT2D eigenvalue weighted by atomic mass is 16.6. The van der Waals surface area contributed by atoms with Gasteiger partial charge >= 0.3 is 5.82 Å². The van der Waals surface area contributed by atoms with Gasteiger partial charge in [-0.3, -0.25) is 0 Å². The van der Waals surface area contributed by atoms with Gasteiger partial charge in [0.25, 0.3) is 0 Å². The predicted octanol–water partition coefficient (Wildman–Crippen LogP) is 0.119. The number of rotatable bonds is 2. The number of nitrogens with one attached hydrogen (secondary N) is 1. The van der Waals surface area contributed by atoms with Crippen molar-refractivity contribution < 1.29 is 10.0 Å². The summed E-state index contributed by atoms with van der Waals surface area (Å²) in [5, 5.41) is 18.7. The van der Waals surface area contributed by atoms with Crippen molar-refractivity contribution in [1.82, 2.24) is 9.97 Å². The molecule has 0 aliphatic heterocycles. The van der Waals surface area contributed by atoms with Crippen molar-refractivity contribution in [3.63, 3.8) is 0 Å². The number of hydrogen-bond donors (Lipinski definition) is 2. The highest BCUT2D eigenvalue weighted by Gasteiger charge is 2.14. The molecule has 0 aliphatic carbocycles. The number of imidazole rings is 1. The molecule has 11 heavy (non-hydrogen) atoms. The van der Waals surface area contributed by atoms with Crippen LogP contribution in [-0.4, -0.2) is 20.0 Å². The normalized spacial score (nSPS) is 10.0. The molecule has 60 valence electrons. The number of aromatic nitrogens is 2. The summed E-state index contributed by atoms with van der Waals surface area (Å²) in [5.41, 5.74) is 0.291. The number of aliphatic hydroxyl groups is 1. The molecule has 0 saturated heterocycles. The largest absolute Gasteiger partial charge is 0.386 e. The van der Waals surface area contributed by atoms with Crippen molar-refractivity contribution in [3.8, 4) is 0 Å². The Kier molecular flexibility index (Phi) is 1.86. The van der Waals surface area contributed by atoms with Gasteiger partial charge in [0.05, 0.1) is 0 Å². The van der Waals surface area contributed by atoms with E-state index in [0.717, 1.165) is 0 Å². The van der Waals surface area contributed by atoms with Crippen LogP contribution in [0.4, 0.5) is 5.82 Å². The van der Waals surface area contributed by atoms with Crippen molar-refractivity contribution in [2.45, 2.75) is 13.5 Å². The second-order valence-corrected chi connectivity index (χ2v) is 2.03. The van der Waals surface area contributed by atoms with Gasteiger partial charge in [0.2, 0.25) is 5.82 Å². The molecule has 0 aliphatic rings. The molecule has 1 rings (SSSR count). The van der Waals surface area contributed by atoms with Crippen LogP contribution in [0.25, 0.3) is 0 Å². The summed E-state index contributed by atoms with van der Waals surface area (Å²) in [6.45, 7) is 1.20. The van der Waals surface area contributed by atoms with E-state index in [0.29, 0.717) is 5.69 Å². The second kappa shape index (κ2) is 2.67. The van der Waals surface area contributed by atoms with Gasteiger partial charge in [0.15, 0.2) is 0 Å². The van der Waals surface area contributed by atoms with E-state index in [1.54, 1.807) is 0 Å². The van der Waals surface area contributed by atoms with Gasteiger partial charge in [0.1, 0.15) is 12.3 Å². The average Bonchev–Trinajstić information content (AvgIpc) is 2.30. The maximum absolute atomic E-state index is 10.2. The third-order valence-electron chi connectivity index (χ3n) is 1.24. The van der Waals surface area contributed by atoms with Crippen LogP contribution in [0.1, 0.15) is 11.5 Å². The van der Waals surface area contributed by atoms with Gasteiger partial charge in [-0.2, -0.15) is 0 Å². The molecule has 0 fully saturated rings. The number of aromatic amines is 1. The van der Waals surface area contributed by atoms with Crippen molar-refractivity contribution in [2.24, 2.45) is 0 Å². The third-order valence-corrected chi connectivity index (χ3v) is 1.24. The summed E-state index contributed by atoms with van der Waals surface area (Å²) in [4.78, 5) is 15.7. The maximum Gasteiger partial charge on any atom is 0.343 e. The summed E-state index contributed by atoms with van der Waals surface area (Å²) < 4.78 is 0. The highest BCUT2D eigenvalue weighted by Crippen LogP contribution is 2.12. The lowest BCUT2D eigenvalue weighted by molar-refractivity contribution is -0.389. The first-order chi connectivity index (χ1) is 5.15. The minimum absolute atomic E-state index is 0.158. The maximum atomic E-state index is 10.2. The summed E-state index contributed by atoms with van der Waals surface area (Å²) in [5.74, 6) is 0.0586. The van der Waals surface area contributed by atoms with Crippen LogP contribution < -0.4 is 0 Å². The lowest BCUT2D eigenvalue weighted by atomic mass is 10.5. The summed E-state index contributed by atoms with van der Waals surface area (Å²) in [6.07, 6.45) is 0. The van der Waals surface area contributed by atoms with E-state index in [-0.39, 0.29) is 18.2 Å². The van der Waals surface area contributed by atoms with E-state index in [4.69, 9.17) is 5.11 Å². The van der Waals surface area contributed by atoms with Crippen LogP contribution in [0, 0.1) is 17.0 Å². The second-order valence-electron chi connectivity index (χ2n) is 2.03. The van der Waals surface area contributed by atoms with Crippen molar-refractivity contribution in [1.29, 1.82) is 0 Å². The average molecular weight is 157 g/mol. The molecule has 0 spiro atoms. The van der Waals surface area contributed by atoms with Gasteiger partial charge in [0, 0.05) is 0 Å². The first-order valence-corrected chi connectivity index (χ1v) is 2.96. The number of nitro groups is 1. The van der Waals surface area contributed by atoms with Gasteiger partial charge in [-0.25, -0.2) is 9.97 Å². The van der Waals surface area contributed by atoms with Crippen molar-refractivity contribution in [3.05, 3.63) is 21.6 Å². The summed E-state index contributed by atoms with van der Waals surface area (Å²) in [6, 6.07) is 0. The molecule has 1 heterocycles. The van der Waals surface area contributed by atoms with Gasteiger partial charge in [-0.1, -0.05) is 0 Å². The molecular formula is C5H7N3O3. The molecule has 0 saturated carbocycles. The number of hydrogen-bond acceptors (Lipinski definition) is 4. The molecule has 6 nitrogen and oxygen atoms in total. The zero-order chi connectivity index (χ0) is 8.43. The molecule has 0 bridgehead atoms. The van der Waals surface area contributed by atoms with Crippen LogP contribution in [0.3, 0.4) is 0 Å². The Morgan fingerprint density at radius 1 is 1.82 bits per heavy atom. The zero-order valence-corrected chi connectivity index (χ0v) is 5.87. The Labute approximate surface area is 62.0 Å². The molecular weight excluding hydrogens is 150 g/mol. The highest BCUT2D eigenvalue weighted by molar-refractivity contribution is 5.26. The first-order valence-electron chi connectivity index (χ1n) is 2.96. The predicted molar refractivity (Wildman–Crippen MR) is 35.9 cm³/mol. The Bertz CT molecular complexity index is 281.